The highest BCUT2D eigenvalue weighted by atomic mass is 15.0. The predicted octanol–water partition coefficient (Wildman–Crippen LogP) is 12.9. The van der Waals surface area contributed by atoms with Crippen molar-refractivity contribution in [3.8, 4) is 27.9 Å². The molecule has 224 valence electrons. The number of nitrogens with zero attached hydrogens (tertiary/aromatic N) is 1. The molecule has 0 aliphatic rings. The third-order valence-electron chi connectivity index (χ3n) is 9.92. The van der Waals surface area contributed by atoms with Crippen LogP contribution in [0.2, 0.25) is 0 Å². The minimum absolute atomic E-state index is 0.118. The molecule has 0 bridgehead atoms. The lowest BCUT2D eigenvalue weighted by atomic mass is 9.83. The summed E-state index contributed by atoms with van der Waals surface area (Å²) >= 11 is 0. The molecular formula is C46H35N. The average molecular weight is 602 g/mol. The van der Waals surface area contributed by atoms with Gasteiger partial charge < -0.3 is 4.57 Å². The van der Waals surface area contributed by atoms with Crippen LogP contribution in [-0.2, 0) is 5.41 Å². The topological polar surface area (TPSA) is 4.93 Å². The second-order valence-corrected chi connectivity index (χ2v) is 13.8. The van der Waals surface area contributed by atoms with Gasteiger partial charge in [0, 0.05) is 16.5 Å². The fourth-order valence-electron chi connectivity index (χ4n) is 7.62. The first kappa shape index (κ1) is 27.6. The lowest BCUT2D eigenvalue weighted by molar-refractivity contribution is 0.590. The molecule has 0 saturated heterocycles. The van der Waals surface area contributed by atoms with Crippen LogP contribution in [0.1, 0.15) is 26.3 Å². The highest BCUT2D eigenvalue weighted by molar-refractivity contribution is 6.21. The Labute approximate surface area is 275 Å². The summed E-state index contributed by atoms with van der Waals surface area (Å²) in [5.74, 6) is 0. The van der Waals surface area contributed by atoms with Crippen molar-refractivity contribution < 1.29 is 0 Å². The van der Waals surface area contributed by atoms with Gasteiger partial charge in [0.2, 0.25) is 0 Å². The van der Waals surface area contributed by atoms with E-state index in [1.54, 1.807) is 0 Å². The first-order valence-electron chi connectivity index (χ1n) is 16.5. The third kappa shape index (κ3) is 4.38. The van der Waals surface area contributed by atoms with Gasteiger partial charge in [0.15, 0.2) is 0 Å². The molecule has 0 N–H and O–H groups in total. The summed E-state index contributed by atoms with van der Waals surface area (Å²) in [6.07, 6.45) is 0. The van der Waals surface area contributed by atoms with Crippen molar-refractivity contribution >= 4 is 54.1 Å². The van der Waals surface area contributed by atoms with E-state index >= 15 is 0 Å². The maximum absolute atomic E-state index is 2.39. The Morgan fingerprint density at radius 3 is 1.34 bits per heavy atom. The predicted molar refractivity (Wildman–Crippen MR) is 203 cm³/mol. The molecular weight excluding hydrogens is 567 g/mol. The molecule has 9 aromatic rings. The van der Waals surface area contributed by atoms with Gasteiger partial charge in [-0.3, -0.25) is 0 Å². The lowest BCUT2D eigenvalue weighted by Gasteiger charge is -2.21. The first-order chi connectivity index (χ1) is 23.0. The molecule has 1 nitrogen and oxygen atoms in total. The molecule has 0 unspecified atom stereocenters. The Balaban J connectivity index is 1.23. The maximum Gasteiger partial charge on any atom is 0.0541 e. The number of hydrogen-bond acceptors (Lipinski definition) is 0. The van der Waals surface area contributed by atoms with Gasteiger partial charge in [0.05, 0.1) is 11.0 Å². The molecule has 1 heteroatoms. The molecule has 0 aliphatic heterocycles. The van der Waals surface area contributed by atoms with Crippen molar-refractivity contribution in [2.75, 3.05) is 0 Å². The van der Waals surface area contributed by atoms with Gasteiger partial charge in [-0.2, -0.15) is 0 Å². The van der Waals surface area contributed by atoms with Crippen LogP contribution in [0, 0.1) is 0 Å². The number of fused-ring (bicyclic) bond motifs is 6. The second kappa shape index (κ2) is 10.4. The van der Waals surface area contributed by atoms with Crippen LogP contribution in [-0.4, -0.2) is 4.57 Å². The van der Waals surface area contributed by atoms with Gasteiger partial charge >= 0.3 is 0 Å². The fraction of sp³-hybridized carbons (Fsp3) is 0.0870. The third-order valence-corrected chi connectivity index (χ3v) is 9.92. The van der Waals surface area contributed by atoms with Crippen molar-refractivity contribution in [2.24, 2.45) is 0 Å². The Hall–Kier alpha value is -5.66. The molecule has 0 amide bonds. The monoisotopic (exact) mass is 601 g/mol. The van der Waals surface area contributed by atoms with Crippen molar-refractivity contribution in [3.05, 3.63) is 163 Å². The van der Waals surface area contributed by atoms with Crippen molar-refractivity contribution in [1.82, 2.24) is 4.57 Å². The molecule has 0 atom stereocenters. The highest BCUT2D eigenvalue weighted by Gasteiger charge is 2.19. The minimum Gasteiger partial charge on any atom is -0.309 e. The van der Waals surface area contributed by atoms with E-state index in [-0.39, 0.29) is 5.41 Å². The molecule has 8 aromatic carbocycles. The molecule has 0 saturated carbocycles. The van der Waals surface area contributed by atoms with Gasteiger partial charge in [-0.15, -0.1) is 0 Å². The van der Waals surface area contributed by atoms with E-state index in [9.17, 15) is 0 Å². The maximum atomic E-state index is 2.39. The number of benzene rings is 8. The Morgan fingerprint density at radius 2 is 0.809 bits per heavy atom. The van der Waals surface area contributed by atoms with E-state index in [0.29, 0.717) is 0 Å². The summed E-state index contributed by atoms with van der Waals surface area (Å²) in [4.78, 5) is 0. The fourth-order valence-corrected chi connectivity index (χ4v) is 7.62. The molecule has 9 rings (SSSR count). The van der Waals surface area contributed by atoms with Gasteiger partial charge in [0.25, 0.3) is 0 Å². The minimum atomic E-state index is 0.118. The van der Waals surface area contributed by atoms with Crippen molar-refractivity contribution in [3.63, 3.8) is 0 Å². The summed E-state index contributed by atoms with van der Waals surface area (Å²) in [6.45, 7) is 6.82. The van der Waals surface area contributed by atoms with Gasteiger partial charge in [-0.25, -0.2) is 0 Å². The summed E-state index contributed by atoms with van der Waals surface area (Å²) < 4.78 is 2.39. The standard InChI is InChI=1S/C46H35N/c1-46(2,3)34-25-22-30(23-26-34)44-38-14-4-6-16-40(38)45(41-17-7-5-15-39(41)44)33-21-20-32-29-35(27-24-31(32)28-33)47-42-18-10-8-12-36(42)37-13-9-11-19-43(37)47/h4-29H,1-3H3. The first-order valence-corrected chi connectivity index (χ1v) is 16.5. The van der Waals surface area contributed by atoms with E-state index < -0.39 is 0 Å². The van der Waals surface area contributed by atoms with Crippen molar-refractivity contribution in [1.29, 1.82) is 0 Å². The summed E-state index contributed by atoms with van der Waals surface area (Å²) in [5.41, 5.74) is 10.2. The summed E-state index contributed by atoms with van der Waals surface area (Å²) in [6, 6.07) is 58.3. The number of rotatable bonds is 3. The number of hydrogen-bond donors (Lipinski definition) is 0. The second-order valence-electron chi connectivity index (χ2n) is 13.8. The molecule has 1 heterocycles. The van der Waals surface area contributed by atoms with Crippen LogP contribution in [0.4, 0.5) is 0 Å². The van der Waals surface area contributed by atoms with E-state index in [1.165, 1.54) is 87.6 Å². The molecule has 1 aromatic heterocycles. The van der Waals surface area contributed by atoms with Crippen LogP contribution in [0.5, 0.6) is 0 Å². The van der Waals surface area contributed by atoms with Gasteiger partial charge in [0.1, 0.15) is 0 Å². The molecule has 0 fully saturated rings. The molecule has 0 spiro atoms. The van der Waals surface area contributed by atoms with Crippen LogP contribution >= 0.6 is 0 Å². The molecule has 47 heavy (non-hydrogen) atoms. The summed E-state index contributed by atoms with van der Waals surface area (Å²) in [7, 11) is 0. The van der Waals surface area contributed by atoms with E-state index in [1.807, 2.05) is 0 Å². The van der Waals surface area contributed by atoms with Crippen molar-refractivity contribution in [2.45, 2.75) is 26.2 Å². The normalized spacial score (nSPS) is 12.1. The summed E-state index contributed by atoms with van der Waals surface area (Å²) in [5, 5.41) is 10.2. The van der Waals surface area contributed by atoms with E-state index in [2.05, 4.69) is 183 Å². The SMILES string of the molecule is CC(C)(C)c1ccc(-c2c3ccccc3c(-c3ccc4cc(-n5c6ccccc6c6ccccc65)ccc4c3)c3ccccc23)cc1. The molecule has 0 aliphatic carbocycles. The zero-order valence-corrected chi connectivity index (χ0v) is 27.0. The molecule has 0 radical (unpaired) electrons. The van der Waals surface area contributed by atoms with Crippen LogP contribution < -0.4 is 0 Å². The smallest absolute Gasteiger partial charge is 0.0541 e. The zero-order valence-electron chi connectivity index (χ0n) is 27.0. The largest absolute Gasteiger partial charge is 0.309 e. The highest BCUT2D eigenvalue weighted by Crippen LogP contribution is 2.44. The van der Waals surface area contributed by atoms with E-state index in [0.717, 1.165) is 0 Å². The van der Waals surface area contributed by atoms with Crippen LogP contribution in [0.25, 0.3) is 82.1 Å². The zero-order chi connectivity index (χ0) is 31.7. The quantitative estimate of drug-likeness (QED) is 0.178. The van der Waals surface area contributed by atoms with Gasteiger partial charge in [-0.05, 0) is 95.9 Å². The van der Waals surface area contributed by atoms with Gasteiger partial charge in [-0.1, -0.05) is 148 Å². The van der Waals surface area contributed by atoms with Crippen LogP contribution in [0.3, 0.4) is 0 Å². The number of aromatic nitrogens is 1. The van der Waals surface area contributed by atoms with E-state index in [4.69, 9.17) is 0 Å². The van der Waals surface area contributed by atoms with Crippen LogP contribution in [0.15, 0.2) is 158 Å². The Bertz CT molecular complexity index is 2540. The number of para-hydroxylation sites is 2. The Morgan fingerprint density at radius 1 is 0.383 bits per heavy atom. The average Bonchev–Trinajstić information content (AvgIpc) is 3.44. The lowest BCUT2D eigenvalue weighted by Crippen LogP contribution is -2.10. The Kier molecular flexibility index (Phi) is 6.14.